The van der Waals surface area contributed by atoms with Crippen molar-refractivity contribution >= 4 is 54.8 Å². The van der Waals surface area contributed by atoms with Crippen molar-refractivity contribution in [2.75, 3.05) is 0 Å². The van der Waals surface area contributed by atoms with Gasteiger partial charge in [0.1, 0.15) is 0 Å². The molecule has 0 N–H and O–H groups in total. The summed E-state index contributed by atoms with van der Waals surface area (Å²) in [7, 11) is 0. The predicted molar refractivity (Wildman–Crippen MR) is 295 cm³/mol. The van der Waals surface area contributed by atoms with E-state index in [1.807, 2.05) is 0 Å². The van der Waals surface area contributed by atoms with E-state index in [9.17, 15) is 0 Å². The van der Waals surface area contributed by atoms with Crippen LogP contribution in [0, 0.1) is 0 Å². The van der Waals surface area contributed by atoms with E-state index in [4.69, 9.17) is 6.58 Å². The molecule has 2 aromatic heterocycles. The van der Waals surface area contributed by atoms with E-state index in [0.717, 1.165) is 61.4 Å². The average Bonchev–Trinajstić information content (AvgIpc) is 3.94. The van der Waals surface area contributed by atoms with Crippen LogP contribution in [0.5, 0.6) is 0 Å². The second-order valence-corrected chi connectivity index (χ2v) is 17.6. The van der Waals surface area contributed by atoms with Crippen molar-refractivity contribution in [3.8, 4) is 55.9 Å². The lowest BCUT2D eigenvalue weighted by Gasteiger charge is -2.19. The molecule has 0 spiro atoms. The molecule has 0 saturated heterocycles. The number of benzene rings is 10. The first-order valence-electron chi connectivity index (χ1n) is 23.8. The fourth-order valence-corrected chi connectivity index (χ4v) is 10.7. The second-order valence-electron chi connectivity index (χ2n) is 17.6. The van der Waals surface area contributed by atoms with Crippen LogP contribution in [0.3, 0.4) is 0 Å². The van der Waals surface area contributed by atoms with Crippen LogP contribution >= 0.6 is 0 Å². The second kappa shape index (κ2) is 17.7. The highest BCUT2D eigenvalue weighted by molar-refractivity contribution is 6.26. The van der Waals surface area contributed by atoms with Gasteiger partial charge >= 0.3 is 0 Å². The number of fused-ring (bicyclic) bond motifs is 6. The first-order valence-corrected chi connectivity index (χ1v) is 23.8. The molecule has 2 heteroatoms. The molecular formula is C67H48N2. The normalized spacial score (nSPS) is 11.9. The van der Waals surface area contributed by atoms with Crippen LogP contribution in [-0.2, 0) is 0 Å². The molecule has 2 heterocycles. The SMILES string of the molecule is C=C(/C(=C\C=C/C)c1ccc2c(c1-c1ccccc1)c1c(-c3ccccc3)c(-c3ccccc3-c3ccccc3)ccc1n2-c1ccccc1-n1c2ccccc2c2ccccc21)c1ccccc1. The molecule has 2 nitrogen and oxygen atoms in total. The van der Waals surface area contributed by atoms with Crippen molar-refractivity contribution in [1.29, 1.82) is 0 Å². The Kier molecular flexibility index (Phi) is 10.6. The van der Waals surface area contributed by atoms with Gasteiger partial charge in [-0.15, -0.1) is 0 Å². The molecule has 0 radical (unpaired) electrons. The van der Waals surface area contributed by atoms with Gasteiger partial charge in [0.05, 0.1) is 33.4 Å². The Morgan fingerprint density at radius 1 is 0.377 bits per heavy atom. The van der Waals surface area contributed by atoms with Gasteiger partial charge in [0.2, 0.25) is 0 Å². The van der Waals surface area contributed by atoms with Crippen molar-refractivity contribution in [2.24, 2.45) is 0 Å². The van der Waals surface area contributed by atoms with Gasteiger partial charge in [-0.1, -0.05) is 231 Å². The summed E-state index contributed by atoms with van der Waals surface area (Å²) < 4.78 is 4.98. The van der Waals surface area contributed by atoms with Crippen molar-refractivity contribution in [1.82, 2.24) is 9.13 Å². The summed E-state index contributed by atoms with van der Waals surface area (Å²) in [6.07, 6.45) is 6.47. The molecule has 0 bridgehead atoms. The average molecular weight is 881 g/mol. The Balaban J connectivity index is 1.29. The highest BCUT2D eigenvalue weighted by atomic mass is 15.1. The lowest BCUT2D eigenvalue weighted by molar-refractivity contribution is 1.10. The first-order chi connectivity index (χ1) is 34.2. The van der Waals surface area contributed by atoms with Crippen molar-refractivity contribution in [3.05, 3.63) is 279 Å². The predicted octanol–water partition coefficient (Wildman–Crippen LogP) is 18.2. The molecule has 0 aliphatic carbocycles. The molecular weight excluding hydrogens is 833 g/mol. The van der Waals surface area contributed by atoms with E-state index in [-0.39, 0.29) is 0 Å². The molecule has 12 rings (SSSR count). The summed E-state index contributed by atoms with van der Waals surface area (Å²) in [5.41, 5.74) is 20.3. The summed E-state index contributed by atoms with van der Waals surface area (Å²) in [4.78, 5) is 0. The number of nitrogens with zero attached hydrogens (tertiary/aromatic N) is 2. The lowest BCUT2D eigenvalue weighted by Crippen LogP contribution is -2.03. The zero-order chi connectivity index (χ0) is 46.3. The number of rotatable bonds is 10. The molecule has 0 amide bonds. The zero-order valence-electron chi connectivity index (χ0n) is 38.4. The summed E-state index contributed by atoms with van der Waals surface area (Å²) in [6, 6.07) is 88.2. The first kappa shape index (κ1) is 41.5. The van der Waals surface area contributed by atoms with Gasteiger partial charge in [-0.3, -0.25) is 0 Å². The lowest BCUT2D eigenvalue weighted by atomic mass is 9.83. The Hall–Kier alpha value is -8.98. The molecule has 0 saturated carbocycles. The quantitative estimate of drug-likeness (QED) is 0.121. The number of hydrogen-bond acceptors (Lipinski definition) is 0. The van der Waals surface area contributed by atoms with Gasteiger partial charge in [0.25, 0.3) is 0 Å². The fraction of sp³-hybridized carbons (Fsp3) is 0.0149. The van der Waals surface area contributed by atoms with Crippen LogP contribution < -0.4 is 0 Å². The van der Waals surface area contributed by atoms with Crippen LogP contribution in [-0.4, -0.2) is 9.13 Å². The molecule has 10 aromatic carbocycles. The zero-order valence-corrected chi connectivity index (χ0v) is 38.4. The molecule has 0 aliphatic heterocycles. The molecule has 12 aromatic rings. The van der Waals surface area contributed by atoms with E-state index in [1.54, 1.807) is 0 Å². The number of aromatic nitrogens is 2. The van der Waals surface area contributed by atoms with Crippen LogP contribution in [0.4, 0.5) is 0 Å². The van der Waals surface area contributed by atoms with E-state index in [2.05, 4.69) is 277 Å². The highest BCUT2D eigenvalue weighted by Gasteiger charge is 2.27. The number of para-hydroxylation sites is 4. The minimum absolute atomic E-state index is 0.964. The van der Waals surface area contributed by atoms with Crippen LogP contribution in [0.25, 0.3) is 111 Å². The maximum Gasteiger partial charge on any atom is 0.0702 e. The van der Waals surface area contributed by atoms with Gasteiger partial charge in [-0.2, -0.15) is 0 Å². The van der Waals surface area contributed by atoms with Crippen molar-refractivity contribution in [2.45, 2.75) is 6.92 Å². The maximum atomic E-state index is 4.82. The standard InChI is InChI=1S/C67H48N2/c1-3-4-33-51(46(2)47-25-9-5-10-26-47)56-42-44-62-66(64(56)49-29-13-7-14-30-49)67-63(69(62)61-41-24-23-40-60(61)68-58-38-21-19-36-54(58)55-37-20-22-39-59(55)68)45-43-57(65(67)50-31-15-8-16-32-50)53-35-18-17-34-52(53)48-27-11-6-12-28-48/h3-45H,2H2,1H3/b4-3-,51-33+. The number of hydrogen-bond donors (Lipinski definition) is 0. The minimum atomic E-state index is 0.964. The van der Waals surface area contributed by atoms with Crippen LogP contribution in [0.15, 0.2) is 267 Å². The molecule has 0 aliphatic rings. The van der Waals surface area contributed by atoms with E-state index in [0.29, 0.717) is 0 Å². The number of allylic oxidation sites excluding steroid dienone is 5. The van der Waals surface area contributed by atoms with Crippen molar-refractivity contribution in [3.63, 3.8) is 0 Å². The van der Waals surface area contributed by atoms with Crippen molar-refractivity contribution < 1.29 is 0 Å². The molecule has 0 unspecified atom stereocenters. The van der Waals surface area contributed by atoms with E-state index >= 15 is 0 Å². The Morgan fingerprint density at radius 2 is 0.826 bits per heavy atom. The third-order valence-corrected chi connectivity index (χ3v) is 13.7. The Bertz CT molecular complexity index is 3890. The van der Waals surface area contributed by atoms with Gasteiger partial charge in [0.15, 0.2) is 0 Å². The molecule has 0 fully saturated rings. The fourth-order valence-electron chi connectivity index (χ4n) is 10.7. The van der Waals surface area contributed by atoms with Gasteiger partial charge in [-0.25, -0.2) is 0 Å². The molecule has 69 heavy (non-hydrogen) atoms. The molecule has 326 valence electrons. The summed E-state index contributed by atoms with van der Waals surface area (Å²) in [5, 5.41) is 4.82. The third-order valence-electron chi connectivity index (χ3n) is 13.7. The maximum absolute atomic E-state index is 4.82. The van der Waals surface area contributed by atoms with Gasteiger partial charge in [0, 0.05) is 21.5 Å². The summed E-state index contributed by atoms with van der Waals surface area (Å²) in [6.45, 7) is 6.89. The monoisotopic (exact) mass is 880 g/mol. The summed E-state index contributed by atoms with van der Waals surface area (Å²) >= 11 is 0. The Labute approximate surface area is 403 Å². The van der Waals surface area contributed by atoms with Gasteiger partial charge < -0.3 is 9.13 Å². The van der Waals surface area contributed by atoms with Crippen LogP contribution in [0.1, 0.15) is 18.1 Å². The Morgan fingerprint density at radius 3 is 1.42 bits per heavy atom. The van der Waals surface area contributed by atoms with Gasteiger partial charge in [-0.05, 0) is 110 Å². The summed E-state index contributed by atoms with van der Waals surface area (Å²) in [5.74, 6) is 0. The highest BCUT2D eigenvalue weighted by Crippen LogP contribution is 2.51. The largest absolute Gasteiger partial charge is 0.307 e. The third kappa shape index (κ3) is 7.05. The van der Waals surface area contributed by atoms with E-state index < -0.39 is 0 Å². The topological polar surface area (TPSA) is 9.86 Å². The van der Waals surface area contributed by atoms with Crippen LogP contribution in [0.2, 0.25) is 0 Å². The molecule has 0 atom stereocenters. The smallest absolute Gasteiger partial charge is 0.0702 e. The van der Waals surface area contributed by atoms with E-state index in [1.165, 1.54) is 60.4 Å². The minimum Gasteiger partial charge on any atom is -0.307 e.